The first kappa shape index (κ1) is 11.7. The summed E-state index contributed by atoms with van der Waals surface area (Å²) in [5.41, 5.74) is 0.862. The van der Waals surface area contributed by atoms with Crippen LogP contribution >= 0.6 is 0 Å². The molecule has 0 radical (unpaired) electrons. The number of ether oxygens (including phenoxy) is 2. The van der Waals surface area contributed by atoms with Gasteiger partial charge >= 0.3 is 0 Å². The molecule has 1 fully saturated rings. The lowest BCUT2D eigenvalue weighted by atomic mass is 10.1. The van der Waals surface area contributed by atoms with Gasteiger partial charge in [0.05, 0.1) is 14.2 Å². The third kappa shape index (κ3) is 2.67. The fourth-order valence-electron chi connectivity index (χ4n) is 1.72. The van der Waals surface area contributed by atoms with E-state index in [4.69, 9.17) is 9.47 Å². The largest absolute Gasteiger partial charge is 0.493 e. The van der Waals surface area contributed by atoms with E-state index in [-0.39, 0.29) is 11.7 Å². The van der Waals surface area contributed by atoms with E-state index in [0.29, 0.717) is 11.5 Å². The summed E-state index contributed by atoms with van der Waals surface area (Å²) >= 11 is 0. The molecule has 0 saturated heterocycles. The Balaban J connectivity index is 2.21. The number of rotatable bonds is 5. The molecule has 1 aliphatic carbocycles. The summed E-state index contributed by atoms with van der Waals surface area (Å²) in [5, 5.41) is 0. The first-order valence-corrected chi connectivity index (χ1v) is 5.69. The Labute approximate surface area is 101 Å². The van der Waals surface area contributed by atoms with E-state index in [1.165, 1.54) is 0 Å². The van der Waals surface area contributed by atoms with E-state index in [9.17, 15) is 4.79 Å². The maximum Gasteiger partial charge on any atom is 0.167 e. The van der Waals surface area contributed by atoms with Gasteiger partial charge in [0.2, 0.25) is 0 Å². The summed E-state index contributed by atoms with van der Waals surface area (Å²) in [6.45, 7) is 0. The lowest BCUT2D eigenvalue weighted by molar-refractivity contribution is -0.115. The normalized spacial score (nSPS) is 14.9. The van der Waals surface area contributed by atoms with Gasteiger partial charge < -0.3 is 9.47 Å². The molecule has 0 unspecified atom stereocenters. The highest BCUT2D eigenvalue weighted by Gasteiger charge is 2.27. The Hall–Kier alpha value is -1.77. The van der Waals surface area contributed by atoms with Crippen molar-refractivity contribution in [2.24, 2.45) is 5.92 Å². The first-order valence-electron chi connectivity index (χ1n) is 5.69. The van der Waals surface area contributed by atoms with Crippen molar-refractivity contribution in [1.29, 1.82) is 0 Å². The number of hydrogen-bond acceptors (Lipinski definition) is 3. The first-order chi connectivity index (χ1) is 8.26. The van der Waals surface area contributed by atoms with Crippen molar-refractivity contribution in [3.63, 3.8) is 0 Å². The number of allylic oxidation sites excluding steroid dienone is 1. The molecule has 0 N–H and O–H groups in total. The van der Waals surface area contributed by atoms with Gasteiger partial charge in [0, 0.05) is 11.5 Å². The minimum absolute atomic E-state index is 0.204. The molecular formula is C14H16O3. The molecule has 0 aromatic heterocycles. The van der Waals surface area contributed by atoms with Gasteiger partial charge in [-0.05, 0) is 31.1 Å². The zero-order valence-corrected chi connectivity index (χ0v) is 10.1. The molecule has 90 valence electrons. The van der Waals surface area contributed by atoms with E-state index in [2.05, 4.69) is 0 Å². The highest BCUT2D eigenvalue weighted by atomic mass is 16.5. The predicted molar refractivity (Wildman–Crippen MR) is 66.3 cm³/mol. The number of carbonyl (C=O) groups is 1. The molecule has 3 nitrogen and oxygen atoms in total. The average molecular weight is 232 g/mol. The van der Waals surface area contributed by atoms with Crippen LogP contribution in [0.3, 0.4) is 0 Å². The maximum absolute atomic E-state index is 11.6. The van der Waals surface area contributed by atoms with Gasteiger partial charge in [-0.15, -0.1) is 0 Å². The van der Waals surface area contributed by atoms with Crippen LogP contribution in [0.15, 0.2) is 24.3 Å². The maximum atomic E-state index is 11.6. The number of hydrogen-bond donors (Lipinski definition) is 0. The van der Waals surface area contributed by atoms with Gasteiger partial charge in [-0.2, -0.15) is 0 Å². The van der Waals surface area contributed by atoms with Gasteiger partial charge in [-0.1, -0.05) is 12.1 Å². The Morgan fingerprint density at radius 1 is 1.29 bits per heavy atom. The van der Waals surface area contributed by atoms with Crippen molar-refractivity contribution < 1.29 is 14.3 Å². The standard InChI is InChI=1S/C14H16O3/c1-16-13-5-3-4-11(14(13)17-2)8-9-12(15)10-6-7-10/h3-5,8-10H,6-7H2,1-2H3/b9-8+. The Morgan fingerprint density at radius 2 is 2.06 bits per heavy atom. The molecule has 1 aromatic rings. The average Bonchev–Trinajstić information content (AvgIpc) is 3.19. The van der Waals surface area contributed by atoms with Crippen LogP contribution in [0.4, 0.5) is 0 Å². The van der Waals surface area contributed by atoms with E-state index in [1.807, 2.05) is 18.2 Å². The molecule has 1 aliphatic rings. The van der Waals surface area contributed by atoms with Crippen LogP contribution in [-0.2, 0) is 4.79 Å². The van der Waals surface area contributed by atoms with Gasteiger partial charge in [-0.25, -0.2) is 0 Å². The second-order valence-corrected chi connectivity index (χ2v) is 4.09. The molecule has 0 spiro atoms. The number of carbonyl (C=O) groups excluding carboxylic acids is 1. The van der Waals surface area contributed by atoms with Gasteiger partial charge in [0.15, 0.2) is 17.3 Å². The molecule has 1 saturated carbocycles. The van der Waals surface area contributed by atoms with E-state index in [1.54, 1.807) is 26.4 Å². The van der Waals surface area contributed by atoms with Crippen molar-refractivity contribution in [2.45, 2.75) is 12.8 Å². The van der Waals surface area contributed by atoms with Crippen molar-refractivity contribution in [1.82, 2.24) is 0 Å². The fraction of sp³-hybridized carbons (Fsp3) is 0.357. The minimum Gasteiger partial charge on any atom is -0.493 e. The molecule has 0 atom stereocenters. The van der Waals surface area contributed by atoms with Crippen molar-refractivity contribution in [3.05, 3.63) is 29.8 Å². The molecule has 1 aromatic carbocycles. The summed E-state index contributed by atoms with van der Waals surface area (Å²) in [7, 11) is 3.19. The molecule has 0 bridgehead atoms. The zero-order chi connectivity index (χ0) is 12.3. The van der Waals surface area contributed by atoms with Crippen LogP contribution in [0.2, 0.25) is 0 Å². The third-order valence-electron chi connectivity index (χ3n) is 2.84. The Kier molecular flexibility index (Phi) is 3.47. The quantitative estimate of drug-likeness (QED) is 0.732. The van der Waals surface area contributed by atoms with Crippen LogP contribution in [0, 0.1) is 5.92 Å². The highest BCUT2D eigenvalue weighted by molar-refractivity contribution is 5.97. The van der Waals surface area contributed by atoms with Crippen molar-refractivity contribution in [3.8, 4) is 11.5 Å². The molecule has 3 heteroatoms. The van der Waals surface area contributed by atoms with Crippen LogP contribution < -0.4 is 9.47 Å². The Bertz CT molecular complexity index is 445. The highest BCUT2D eigenvalue weighted by Crippen LogP contribution is 2.33. The van der Waals surface area contributed by atoms with Crippen LogP contribution in [0.1, 0.15) is 18.4 Å². The minimum atomic E-state index is 0.204. The summed E-state index contributed by atoms with van der Waals surface area (Å²) < 4.78 is 10.5. The van der Waals surface area contributed by atoms with Gasteiger partial charge in [0.1, 0.15) is 0 Å². The number of benzene rings is 1. The van der Waals surface area contributed by atoms with Gasteiger partial charge in [-0.3, -0.25) is 4.79 Å². The summed E-state index contributed by atoms with van der Waals surface area (Å²) in [5.74, 6) is 1.79. The van der Waals surface area contributed by atoms with Gasteiger partial charge in [0.25, 0.3) is 0 Å². The number of para-hydroxylation sites is 1. The Morgan fingerprint density at radius 3 is 2.65 bits per heavy atom. The molecule has 17 heavy (non-hydrogen) atoms. The van der Waals surface area contributed by atoms with E-state index < -0.39 is 0 Å². The summed E-state index contributed by atoms with van der Waals surface area (Å²) in [6.07, 6.45) is 5.48. The molecule has 0 amide bonds. The number of methoxy groups -OCH3 is 2. The fourth-order valence-corrected chi connectivity index (χ4v) is 1.72. The van der Waals surface area contributed by atoms with Crippen molar-refractivity contribution in [2.75, 3.05) is 14.2 Å². The lowest BCUT2D eigenvalue weighted by Gasteiger charge is -2.09. The molecular weight excluding hydrogens is 216 g/mol. The molecule has 0 heterocycles. The lowest BCUT2D eigenvalue weighted by Crippen LogP contribution is -1.95. The topological polar surface area (TPSA) is 35.5 Å². The van der Waals surface area contributed by atoms with Crippen LogP contribution in [0.25, 0.3) is 6.08 Å². The van der Waals surface area contributed by atoms with Crippen molar-refractivity contribution >= 4 is 11.9 Å². The molecule has 0 aliphatic heterocycles. The SMILES string of the molecule is COc1cccc(/C=C/C(=O)C2CC2)c1OC. The number of ketones is 1. The second-order valence-electron chi connectivity index (χ2n) is 4.09. The monoisotopic (exact) mass is 232 g/mol. The zero-order valence-electron chi connectivity index (χ0n) is 10.1. The third-order valence-corrected chi connectivity index (χ3v) is 2.84. The second kappa shape index (κ2) is 5.04. The van der Waals surface area contributed by atoms with Crippen LogP contribution in [-0.4, -0.2) is 20.0 Å². The molecule has 2 rings (SSSR count). The van der Waals surface area contributed by atoms with Crippen LogP contribution in [0.5, 0.6) is 11.5 Å². The van der Waals surface area contributed by atoms with E-state index in [0.717, 1.165) is 18.4 Å². The van der Waals surface area contributed by atoms with E-state index >= 15 is 0 Å². The summed E-state index contributed by atoms with van der Waals surface area (Å²) in [4.78, 5) is 11.6. The summed E-state index contributed by atoms with van der Waals surface area (Å²) in [6, 6.07) is 5.61. The predicted octanol–water partition coefficient (Wildman–Crippen LogP) is 2.70. The smallest absolute Gasteiger partial charge is 0.167 e.